The van der Waals surface area contributed by atoms with Crippen LogP contribution in [0.5, 0.6) is 0 Å². The van der Waals surface area contributed by atoms with Gasteiger partial charge in [0.25, 0.3) is 5.91 Å². The number of fused-ring (bicyclic) bond motifs is 1. The lowest BCUT2D eigenvalue weighted by atomic mass is 9.97. The number of nitrogens with one attached hydrogen (secondary N) is 1. The Labute approximate surface area is 174 Å². The predicted octanol–water partition coefficient (Wildman–Crippen LogP) is 2.89. The van der Waals surface area contributed by atoms with Crippen molar-refractivity contribution >= 4 is 22.4 Å². The Morgan fingerprint density at radius 2 is 1.97 bits per heavy atom. The van der Waals surface area contributed by atoms with Gasteiger partial charge in [-0.25, -0.2) is 10.5 Å². The number of hydrogen-bond donors (Lipinski definition) is 3. The predicted molar refractivity (Wildman–Crippen MR) is 115 cm³/mol. The van der Waals surface area contributed by atoms with Crippen molar-refractivity contribution < 1.29 is 15.1 Å². The Hall–Kier alpha value is -3.13. The van der Waals surface area contributed by atoms with Gasteiger partial charge in [-0.2, -0.15) is 0 Å². The molecule has 3 aromatic rings. The molecule has 1 aliphatic heterocycles. The van der Waals surface area contributed by atoms with Gasteiger partial charge in [-0.1, -0.05) is 30.3 Å². The second kappa shape index (κ2) is 9.13. The van der Waals surface area contributed by atoms with Crippen molar-refractivity contribution in [2.45, 2.75) is 12.8 Å². The maximum Gasteiger partial charge on any atom is 0.275 e. The number of hydroxylamine groups is 1. The summed E-state index contributed by atoms with van der Waals surface area (Å²) in [5, 5.41) is 18.7. The van der Waals surface area contributed by atoms with E-state index in [0.717, 1.165) is 38.0 Å². The van der Waals surface area contributed by atoms with Crippen LogP contribution in [0.2, 0.25) is 0 Å². The number of nitrogens with zero attached hydrogens (tertiary/aromatic N) is 3. The average Bonchev–Trinajstić information content (AvgIpc) is 2.82. The van der Waals surface area contributed by atoms with Crippen LogP contribution in [-0.2, 0) is 0 Å². The molecule has 3 N–H and O–H groups in total. The summed E-state index contributed by atoms with van der Waals surface area (Å²) < 4.78 is 0. The second-order valence-corrected chi connectivity index (χ2v) is 7.32. The molecule has 1 aliphatic rings. The van der Waals surface area contributed by atoms with Gasteiger partial charge in [0.2, 0.25) is 0 Å². The van der Waals surface area contributed by atoms with Gasteiger partial charge in [-0.3, -0.25) is 19.9 Å². The van der Waals surface area contributed by atoms with Gasteiger partial charge in [0.1, 0.15) is 0 Å². The van der Waals surface area contributed by atoms with Crippen LogP contribution in [0, 0.1) is 0 Å². The van der Waals surface area contributed by atoms with Gasteiger partial charge in [-0.05, 0) is 36.1 Å². The highest BCUT2D eigenvalue weighted by Gasteiger charge is 2.15. The van der Waals surface area contributed by atoms with Gasteiger partial charge >= 0.3 is 0 Å². The summed E-state index contributed by atoms with van der Waals surface area (Å²) in [6.45, 7) is 3.05. The number of carbonyl (C=O) groups excluding carboxylic acids is 1. The second-order valence-electron chi connectivity index (χ2n) is 7.32. The summed E-state index contributed by atoms with van der Waals surface area (Å²) >= 11 is 0. The minimum atomic E-state index is -0.591. The van der Waals surface area contributed by atoms with Gasteiger partial charge in [0.15, 0.2) is 0 Å². The van der Waals surface area contributed by atoms with E-state index in [1.165, 1.54) is 11.1 Å². The molecule has 0 bridgehead atoms. The first kappa shape index (κ1) is 20.2. The molecular formula is C23H24N4O3. The fourth-order valence-electron chi connectivity index (χ4n) is 3.79. The highest BCUT2D eigenvalue weighted by molar-refractivity contribution is 6.06. The standard InChI is InChI=1S/C23H24N4O3/c28-13-1-10-27-11-7-17(8-12-27)16-2-4-18(5-3-16)22-14-19(23(29)26-30)20-15-24-9-6-21(20)25-22/h2-7,9,14-15,28,30H,1,8,10-13H2,(H,26,29). The van der Waals surface area contributed by atoms with E-state index in [0.29, 0.717) is 22.2 Å². The summed E-state index contributed by atoms with van der Waals surface area (Å²) in [6, 6.07) is 11.6. The Morgan fingerprint density at radius 3 is 2.67 bits per heavy atom. The Morgan fingerprint density at radius 1 is 1.17 bits per heavy atom. The molecule has 154 valence electrons. The Bertz CT molecular complexity index is 1080. The van der Waals surface area contributed by atoms with Crippen molar-refractivity contribution in [1.29, 1.82) is 0 Å². The first-order valence-electron chi connectivity index (χ1n) is 10.0. The van der Waals surface area contributed by atoms with Crippen LogP contribution in [0.15, 0.2) is 54.9 Å². The molecule has 1 amide bonds. The largest absolute Gasteiger partial charge is 0.396 e. The summed E-state index contributed by atoms with van der Waals surface area (Å²) in [5.41, 5.74) is 6.72. The zero-order valence-electron chi connectivity index (χ0n) is 16.6. The van der Waals surface area contributed by atoms with Crippen molar-refractivity contribution in [3.8, 4) is 11.3 Å². The molecule has 0 spiro atoms. The van der Waals surface area contributed by atoms with E-state index in [1.54, 1.807) is 30.0 Å². The van der Waals surface area contributed by atoms with E-state index in [2.05, 4.69) is 33.1 Å². The van der Waals surface area contributed by atoms with Crippen molar-refractivity contribution in [2.75, 3.05) is 26.2 Å². The molecule has 4 rings (SSSR count). The van der Waals surface area contributed by atoms with E-state index in [9.17, 15) is 4.79 Å². The Kier molecular flexibility index (Phi) is 6.13. The zero-order valence-corrected chi connectivity index (χ0v) is 16.6. The van der Waals surface area contributed by atoms with Crippen LogP contribution in [0.25, 0.3) is 27.7 Å². The number of aromatic nitrogens is 2. The minimum Gasteiger partial charge on any atom is -0.396 e. The molecule has 0 saturated carbocycles. The Balaban J connectivity index is 1.60. The molecule has 1 aromatic carbocycles. The lowest BCUT2D eigenvalue weighted by molar-refractivity contribution is 0.0708. The summed E-state index contributed by atoms with van der Waals surface area (Å²) in [5.74, 6) is -0.591. The average molecular weight is 404 g/mol. The lowest BCUT2D eigenvalue weighted by Crippen LogP contribution is -2.29. The van der Waals surface area contributed by atoms with Gasteiger partial charge in [-0.15, -0.1) is 0 Å². The number of pyridine rings is 2. The fourth-order valence-corrected chi connectivity index (χ4v) is 3.79. The first-order valence-corrected chi connectivity index (χ1v) is 10.0. The number of rotatable bonds is 6. The maximum absolute atomic E-state index is 12.1. The third-order valence-electron chi connectivity index (χ3n) is 5.43. The highest BCUT2D eigenvalue weighted by Crippen LogP contribution is 2.28. The quantitative estimate of drug-likeness (QED) is 0.432. The van der Waals surface area contributed by atoms with E-state index < -0.39 is 5.91 Å². The SMILES string of the molecule is O=C(NO)c1cc(-c2ccc(C3=CCN(CCCO)CC3)cc2)nc2ccncc12. The number of aliphatic hydroxyl groups excluding tert-OH is 1. The van der Waals surface area contributed by atoms with E-state index >= 15 is 0 Å². The van der Waals surface area contributed by atoms with Crippen molar-refractivity contribution in [2.24, 2.45) is 0 Å². The molecule has 3 heterocycles. The minimum absolute atomic E-state index is 0.232. The summed E-state index contributed by atoms with van der Waals surface area (Å²) in [6.07, 6.45) is 7.23. The zero-order chi connectivity index (χ0) is 20.9. The highest BCUT2D eigenvalue weighted by atomic mass is 16.5. The van der Waals surface area contributed by atoms with Crippen LogP contribution >= 0.6 is 0 Å². The van der Waals surface area contributed by atoms with Gasteiger partial charge in [0, 0.05) is 49.6 Å². The third-order valence-corrected chi connectivity index (χ3v) is 5.43. The first-order chi connectivity index (χ1) is 14.7. The number of benzene rings is 1. The van der Waals surface area contributed by atoms with E-state index in [1.807, 2.05) is 12.1 Å². The topological polar surface area (TPSA) is 98.6 Å². The smallest absolute Gasteiger partial charge is 0.275 e. The van der Waals surface area contributed by atoms with Crippen LogP contribution in [0.1, 0.15) is 28.8 Å². The molecular weight excluding hydrogens is 380 g/mol. The lowest BCUT2D eigenvalue weighted by Gasteiger charge is -2.26. The molecule has 7 heteroatoms. The number of aliphatic hydroxyl groups is 1. The monoisotopic (exact) mass is 404 g/mol. The van der Waals surface area contributed by atoms with Crippen LogP contribution in [0.4, 0.5) is 0 Å². The number of amides is 1. The maximum atomic E-state index is 12.1. The van der Waals surface area contributed by atoms with Gasteiger partial charge < -0.3 is 5.11 Å². The van der Waals surface area contributed by atoms with E-state index in [-0.39, 0.29) is 6.61 Å². The molecule has 0 atom stereocenters. The normalized spacial score (nSPS) is 14.5. The molecule has 0 radical (unpaired) electrons. The molecule has 30 heavy (non-hydrogen) atoms. The van der Waals surface area contributed by atoms with Crippen LogP contribution < -0.4 is 5.48 Å². The molecule has 7 nitrogen and oxygen atoms in total. The van der Waals surface area contributed by atoms with Crippen molar-refractivity contribution in [1.82, 2.24) is 20.3 Å². The number of carbonyl (C=O) groups is 1. The van der Waals surface area contributed by atoms with Crippen LogP contribution in [-0.4, -0.2) is 57.3 Å². The summed E-state index contributed by atoms with van der Waals surface area (Å²) in [4.78, 5) is 23.2. The molecule has 0 aliphatic carbocycles. The van der Waals surface area contributed by atoms with Gasteiger partial charge in [0.05, 0.1) is 16.8 Å². The third kappa shape index (κ3) is 4.23. The van der Waals surface area contributed by atoms with Crippen molar-refractivity contribution in [3.63, 3.8) is 0 Å². The molecule has 2 aromatic heterocycles. The van der Waals surface area contributed by atoms with E-state index in [4.69, 9.17) is 10.3 Å². The summed E-state index contributed by atoms with van der Waals surface area (Å²) in [7, 11) is 0. The van der Waals surface area contributed by atoms with Crippen molar-refractivity contribution in [3.05, 3.63) is 66.0 Å². The molecule has 0 unspecified atom stereocenters. The molecule has 0 fully saturated rings. The number of hydrogen-bond acceptors (Lipinski definition) is 6. The fraction of sp³-hybridized carbons (Fsp3) is 0.261. The molecule has 0 saturated heterocycles. The van der Waals surface area contributed by atoms with Crippen LogP contribution in [0.3, 0.4) is 0 Å².